The van der Waals surface area contributed by atoms with Crippen molar-refractivity contribution in [1.82, 2.24) is 0 Å². The van der Waals surface area contributed by atoms with E-state index in [0.29, 0.717) is 24.0 Å². The Morgan fingerprint density at radius 2 is 1.73 bits per heavy atom. The highest BCUT2D eigenvalue weighted by molar-refractivity contribution is 5.93. The molecule has 0 heterocycles. The van der Waals surface area contributed by atoms with Crippen LogP contribution in [0.25, 0.3) is 0 Å². The highest BCUT2D eigenvalue weighted by Gasteiger charge is 2.21. The summed E-state index contributed by atoms with van der Waals surface area (Å²) in [5.74, 6) is -1.55. The Morgan fingerprint density at radius 3 is 2.31 bits per heavy atom. The third-order valence-corrected chi connectivity index (χ3v) is 4.49. The third-order valence-electron chi connectivity index (χ3n) is 4.49. The largest absolute Gasteiger partial charge is 0.508 e. The summed E-state index contributed by atoms with van der Waals surface area (Å²) in [6.07, 6.45) is 9.96. The van der Waals surface area contributed by atoms with Gasteiger partial charge in [0, 0.05) is 11.6 Å². The van der Waals surface area contributed by atoms with Crippen molar-refractivity contribution in [2.45, 2.75) is 72.6 Å². The van der Waals surface area contributed by atoms with Crippen LogP contribution in [0.3, 0.4) is 0 Å². The second-order valence-corrected chi connectivity index (χ2v) is 7.08. The van der Waals surface area contributed by atoms with E-state index >= 15 is 0 Å². The molecule has 0 aliphatic rings. The number of carboxylic acid groups (broad SMARTS) is 1. The zero-order valence-corrected chi connectivity index (χ0v) is 16.4. The molecule has 0 unspecified atom stereocenters. The molecule has 0 fully saturated rings. The van der Waals surface area contributed by atoms with Gasteiger partial charge in [-0.25, -0.2) is 4.79 Å². The summed E-state index contributed by atoms with van der Waals surface area (Å²) in [5.41, 5.74) is 3.57. The Labute approximate surface area is 156 Å². The minimum Gasteiger partial charge on any atom is -0.508 e. The molecule has 0 aromatic heterocycles. The Kier molecular flexibility index (Phi) is 8.97. The van der Waals surface area contributed by atoms with Crippen molar-refractivity contribution >= 4 is 5.97 Å². The summed E-state index contributed by atoms with van der Waals surface area (Å²) >= 11 is 0. The van der Waals surface area contributed by atoms with Gasteiger partial charge in [0.25, 0.3) is 0 Å². The molecule has 1 aromatic rings. The van der Waals surface area contributed by atoms with Crippen molar-refractivity contribution < 1.29 is 20.1 Å². The first-order valence-corrected chi connectivity index (χ1v) is 9.36. The van der Waals surface area contributed by atoms with Crippen molar-refractivity contribution in [2.24, 2.45) is 0 Å². The van der Waals surface area contributed by atoms with Gasteiger partial charge in [-0.1, -0.05) is 43.1 Å². The molecule has 26 heavy (non-hydrogen) atoms. The number of phenolic OH excluding ortho intramolecular Hbond substituents is 1. The molecule has 0 radical (unpaired) electrons. The van der Waals surface area contributed by atoms with Gasteiger partial charge in [-0.05, 0) is 58.4 Å². The van der Waals surface area contributed by atoms with Crippen molar-refractivity contribution in [3.05, 3.63) is 46.1 Å². The maximum atomic E-state index is 11.6. The molecule has 144 valence electrons. The van der Waals surface area contributed by atoms with Gasteiger partial charge < -0.3 is 15.3 Å². The van der Waals surface area contributed by atoms with Gasteiger partial charge in [-0.3, -0.25) is 0 Å². The molecule has 3 N–H and O–H groups in total. The summed E-state index contributed by atoms with van der Waals surface area (Å²) in [7, 11) is 0. The Bertz CT molecular complexity index is 680. The Hall–Kier alpha value is -2.23. The first kappa shape index (κ1) is 21.8. The maximum absolute atomic E-state index is 11.6. The minimum atomic E-state index is -1.15. The average Bonchev–Trinajstić information content (AvgIpc) is 2.53. The summed E-state index contributed by atoms with van der Waals surface area (Å²) in [5, 5.41) is 29.8. The minimum absolute atomic E-state index is 0.0349. The molecule has 0 aliphatic carbocycles. The SMILES string of the molecule is CCCCCc1c(C/C=C(\C)CCC=C(C)C)c(O)cc(O)c1C(=O)O. The lowest BCUT2D eigenvalue weighted by Crippen LogP contribution is -2.07. The molecule has 0 bridgehead atoms. The fourth-order valence-corrected chi connectivity index (χ4v) is 3.01. The van der Waals surface area contributed by atoms with E-state index in [2.05, 4.69) is 26.8 Å². The van der Waals surface area contributed by atoms with Crippen LogP contribution in [0.2, 0.25) is 0 Å². The summed E-state index contributed by atoms with van der Waals surface area (Å²) in [4.78, 5) is 11.6. The van der Waals surface area contributed by atoms with Gasteiger partial charge in [0.2, 0.25) is 0 Å². The van der Waals surface area contributed by atoms with Crippen LogP contribution in [0.4, 0.5) is 0 Å². The van der Waals surface area contributed by atoms with E-state index in [1.165, 1.54) is 11.1 Å². The van der Waals surface area contributed by atoms with Gasteiger partial charge in [0.1, 0.15) is 17.1 Å². The first-order valence-electron chi connectivity index (χ1n) is 9.36. The zero-order chi connectivity index (χ0) is 19.7. The van der Waals surface area contributed by atoms with Gasteiger partial charge in [-0.15, -0.1) is 0 Å². The number of hydrogen-bond acceptors (Lipinski definition) is 3. The fourth-order valence-electron chi connectivity index (χ4n) is 3.01. The number of benzene rings is 1. The van der Waals surface area contributed by atoms with Crippen molar-refractivity contribution in [3.63, 3.8) is 0 Å². The molecule has 0 saturated heterocycles. The Morgan fingerprint density at radius 1 is 1.04 bits per heavy atom. The van der Waals surface area contributed by atoms with Crippen LogP contribution in [-0.2, 0) is 12.8 Å². The number of aromatic carboxylic acids is 1. The quantitative estimate of drug-likeness (QED) is 0.366. The average molecular weight is 360 g/mol. The summed E-state index contributed by atoms with van der Waals surface area (Å²) in [6.45, 7) is 8.27. The molecule has 0 atom stereocenters. The van der Waals surface area contributed by atoms with Crippen LogP contribution in [0, 0.1) is 0 Å². The topological polar surface area (TPSA) is 77.8 Å². The van der Waals surface area contributed by atoms with Crippen molar-refractivity contribution in [1.29, 1.82) is 0 Å². The van der Waals surface area contributed by atoms with E-state index in [1.807, 2.05) is 13.0 Å². The highest BCUT2D eigenvalue weighted by atomic mass is 16.4. The number of carboxylic acids is 1. The van der Waals surface area contributed by atoms with E-state index < -0.39 is 5.97 Å². The number of hydrogen-bond donors (Lipinski definition) is 3. The lowest BCUT2D eigenvalue weighted by atomic mass is 9.91. The smallest absolute Gasteiger partial charge is 0.339 e. The van der Waals surface area contributed by atoms with Gasteiger partial charge in [0.05, 0.1) is 0 Å². The van der Waals surface area contributed by atoms with Crippen molar-refractivity contribution in [2.75, 3.05) is 0 Å². The van der Waals surface area contributed by atoms with E-state index in [-0.39, 0.29) is 17.1 Å². The monoisotopic (exact) mass is 360 g/mol. The molecular formula is C22H32O4. The molecule has 4 nitrogen and oxygen atoms in total. The normalized spacial score (nSPS) is 11.5. The van der Waals surface area contributed by atoms with Gasteiger partial charge >= 0.3 is 5.97 Å². The van der Waals surface area contributed by atoms with Crippen LogP contribution < -0.4 is 0 Å². The van der Waals surface area contributed by atoms with Gasteiger partial charge in [0.15, 0.2) is 0 Å². The summed E-state index contributed by atoms with van der Waals surface area (Å²) in [6, 6.07) is 1.15. The van der Waals surface area contributed by atoms with E-state index in [4.69, 9.17) is 0 Å². The standard InChI is InChI=1S/C22H32O4/c1-5-6-7-11-18-17(13-12-16(4)10-8-9-15(2)3)19(23)14-20(24)21(18)22(25)26/h9,12,14,23-24H,5-8,10-11,13H2,1-4H3,(H,25,26)/b16-12+. The third kappa shape index (κ3) is 6.58. The Balaban J connectivity index is 3.13. The molecule has 0 amide bonds. The lowest BCUT2D eigenvalue weighted by molar-refractivity contribution is 0.0692. The van der Waals surface area contributed by atoms with Crippen LogP contribution >= 0.6 is 0 Å². The molecule has 1 rings (SSSR count). The number of carbonyl (C=O) groups is 1. The first-order chi connectivity index (χ1) is 12.3. The number of phenols is 2. The molecule has 0 saturated carbocycles. The lowest BCUT2D eigenvalue weighted by Gasteiger charge is -2.15. The van der Waals surface area contributed by atoms with Crippen LogP contribution in [0.15, 0.2) is 29.4 Å². The molecule has 0 spiro atoms. The van der Waals surface area contributed by atoms with Crippen LogP contribution in [0.1, 0.15) is 81.3 Å². The zero-order valence-electron chi connectivity index (χ0n) is 16.4. The van der Waals surface area contributed by atoms with E-state index in [9.17, 15) is 20.1 Å². The molecule has 1 aromatic carbocycles. The second-order valence-electron chi connectivity index (χ2n) is 7.08. The van der Waals surface area contributed by atoms with Crippen molar-refractivity contribution in [3.8, 4) is 11.5 Å². The second kappa shape index (κ2) is 10.7. The van der Waals surface area contributed by atoms with Crippen LogP contribution in [-0.4, -0.2) is 21.3 Å². The van der Waals surface area contributed by atoms with Crippen LogP contribution in [0.5, 0.6) is 11.5 Å². The number of aromatic hydroxyl groups is 2. The number of allylic oxidation sites excluding steroid dienone is 4. The predicted octanol–water partition coefficient (Wildman–Crippen LogP) is 5.76. The van der Waals surface area contributed by atoms with E-state index in [1.54, 1.807) is 0 Å². The fraction of sp³-hybridized carbons (Fsp3) is 0.500. The van der Waals surface area contributed by atoms with E-state index in [0.717, 1.165) is 38.2 Å². The molecular weight excluding hydrogens is 328 g/mol. The summed E-state index contributed by atoms with van der Waals surface area (Å²) < 4.78 is 0. The van der Waals surface area contributed by atoms with Gasteiger partial charge in [-0.2, -0.15) is 0 Å². The molecule has 0 aliphatic heterocycles. The molecule has 4 heteroatoms. The number of unbranched alkanes of at least 4 members (excludes halogenated alkanes) is 2. The maximum Gasteiger partial charge on any atom is 0.339 e. The number of rotatable bonds is 10. The highest BCUT2D eigenvalue weighted by Crippen LogP contribution is 2.34. The predicted molar refractivity (Wildman–Crippen MR) is 106 cm³/mol.